The lowest BCUT2D eigenvalue weighted by molar-refractivity contribution is -0.122. The lowest BCUT2D eigenvalue weighted by Gasteiger charge is -2.10. The summed E-state index contributed by atoms with van der Waals surface area (Å²) in [5, 5.41) is 11.8. The third kappa shape index (κ3) is 4.17. The maximum atomic E-state index is 12.3. The molecule has 1 atom stereocenters. The number of hydrogen-bond acceptors (Lipinski definition) is 4. The van der Waals surface area contributed by atoms with Crippen molar-refractivity contribution in [1.82, 2.24) is 5.32 Å². The smallest absolute Gasteiger partial charge is 0.245 e. The molecule has 23 heavy (non-hydrogen) atoms. The van der Waals surface area contributed by atoms with Gasteiger partial charge in [0.05, 0.1) is 13.2 Å². The highest BCUT2D eigenvalue weighted by molar-refractivity contribution is 6.12. The van der Waals surface area contributed by atoms with E-state index in [1.807, 2.05) is 30.3 Å². The van der Waals surface area contributed by atoms with Gasteiger partial charge in [0.25, 0.3) is 0 Å². The molecule has 0 heterocycles. The van der Waals surface area contributed by atoms with Crippen molar-refractivity contribution in [3.05, 3.63) is 65.7 Å². The van der Waals surface area contributed by atoms with Crippen LogP contribution in [0.5, 0.6) is 5.75 Å². The molecular weight excluding hydrogens is 292 g/mol. The Labute approximate surface area is 134 Å². The van der Waals surface area contributed by atoms with Crippen LogP contribution in [0, 0.1) is 17.2 Å². The zero-order valence-electron chi connectivity index (χ0n) is 12.7. The summed E-state index contributed by atoms with van der Waals surface area (Å²) >= 11 is 0. The van der Waals surface area contributed by atoms with E-state index in [1.165, 1.54) is 19.2 Å². The van der Waals surface area contributed by atoms with Gasteiger partial charge in [0.1, 0.15) is 5.75 Å². The van der Waals surface area contributed by atoms with E-state index in [1.54, 1.807) is 18.2 Å². The third-order valence-electron chi connectivity index (χ3n) is 3.34. The minimum atomic E-state index is -1.37. The predicted molar refractivity (Wildman–Crippen MR) is 84.7 cm³/mol. The molecule has 2 aromatic carbocycles. The summed E-state index contributed by atoms with van der Waals surface area (Å²) in [5.74, 6) is -1.89. The number of carbonyl (C=O) groups is 2. The highest BCUT2D eigenvalue weighted by Gasteiger charge is 2.27. The van der Waals surface area contributed by atoms with Crippen LogP contribution in [0.15, 0.2) is 54.6 Å². The lowest BCUT2D eigenvalue weighted by atomic mass is 9.98. The van der Waals surface area contributed by atoms with Crippen LogP contribution in [0.3, 0.4) is 0 Å². The van der Waals surface area contributed by atoms with Crippen molar-refractivity contribution in [1.29, 1.82) is 5.26 Å². The minimum Gasteiger partial charge on any atom is -0.497 e. The van der Waals surface area contributed by atoms with Crippen LogP contribution < -0.4 is 10.1 Å². The van der Waals surface area contributed by atoms with E-state index in [0.29, 0.717) is 11.3 Å². The van der Waals surface area contributed by atoms with Crippen molar-refractivity contribution in [2.45, 2.75) is 6.54 Å². The fourth-order valence-corrected chi connectivity index (χ4v) is 2.05. The maximum Gasteiger partial charge on any atom is 0.245 e. The van der Waals surface area contributed by atoms with Crippen molar-refractivity contribution < 1.29 is 14.3 Å². The first-order valence-corrected chi connectivity index (χ1v) is 7.05. The Bertz CT molecular complexity index is 718. The van der Waals surface area contributed by atoms with E-state index in [4.69, 9.17) is 10.00 Å². The van der Waals surface area contributed by atoms with Crippen LogP contribution in [0.4, 0.5) is 0 Å². The van der Waals surface area contributed by atoms with E-state index in [0.717, 1.165) is 5.56 Å². The molecule has 0 aromatic heterocycles. The van der Waals surface area contributed by atoms with Gasteiger partial charge in [-0.3, -0.25) is 9.59 Å². The van der Waals surface area contributed by atoms with Crippen LogP contribution in [0.2, 0.25) is 0 Å². The fourth-order valence-electron chi connectivity index (χ4n) is 2.05. The lowest BCUT2D eigenvalue weighted by Crippen LogP contribution is -2.34. The molecule has 1 N–H and O–H groups in total. The molecule has 0 saturated carbocycles. The van der Waals surface area contributed by atoms with Crippen molar-refractivity contribution in [3.63, 3.8) is 0 Å². The SMILES string of the molecule is COc1ccc(C(=O)[C@H](C#N)C(=O)NCc2ccccc2)cc1. The molecule has 0 aliphatic heterocycles. The summed E-state index contributed by atoms with van der Waals surface area (Å²) in [4.78, 5) is 24.4. The molecule has 0 fully saturated rings. The van der Waals surface area contributed by atoms with E-state index in [-0.39, 0.29) is 6.54 Å². The van der Waals surface area contributed by atoms with Gasteiger partial charge in [-0.2, -0.15) is 5.26 Å². The number of nitrogens with zero attached hydrogens (tertiary/aromatic N) is 1. The highest BCUT2D eigenvalue weighted by Crippen LogP contribution is 2.15. The monoisotopic (exact) mass is 308 g/mol. The number of amides is 1. The quantitative estimate of drug-likeness (QED) is 0.656. The summed E-state index contributed by atoms with van der Waals surface area (Å²) in [7, 11) is 1.52. The fraction of sp³-hybridized carbons (Fsp3) is 0.167. The predicted octanol–water partition coefficient (Wildman–Crippen LogP) is 2.33. The van der Waals surface area contributed by atoms with Crippen LogP contribution >= 0.6 is 0 Å². The van der Waals surface area contributed by atoms with Crippen LogP contribution in [-0.4, -0.2) is 18.8 Å². The first-order valence-electron chi connectivity index (χ1n) is 7.05. The van der Waals surface area contributed by atoms with Gasteiger partial charge >= 0.3 is 0 Å². The van der Waals surface area contributed by atoms with Crippen LogP contribution in [0.25, 0.3) is 0 Å². The second-order valence-electron chi connectivity index (χ2n) is 4.86. The van der Waals surface area contributed by atoms with Gasteiger partial charge in [-0.1, -0.05) is 30.3 Å². The zero-order valence-corrected chi connectivity index (χ0v) is 12.7. The first-order chi connectivity index (χ1) is 11.2. The number of ether oxygens (including phenoxy) is 1. The molecule has 2 aromatic rings. The Morgan fingerprint density at radius 1 is 1.13 bits per heavy atom. The molecule has 0 aliphatic carbocycles. The molecule has 1 amide bonds. The maximum absolute atomic E-state index is 12.3. The number of methoxy groups -OCH3 is 1. The van der Waals surface area contributed by atoms with E-state index in [9.17, 15) is 9.59 Å². The number of nitriles is 1. The van der Waals surface area contributed by atoms with Gasteiger partial charge in [-0.15, -0.1) is 0 Å². The van der Waals surface area contributed by atoms with Crippen LogP contribution in [0.1, 0.15) is 15.9 Å². The first kappa shape index (κ1) is 16.2. The summed E-state index contributed by atoms with van der Waals surface area (Å²) in [6, 6.07) is 17.4. The molecule has 0 unspecified atom stereocenters. The molecule has 5 nitrogen and oxygen atoms in total. The van der Waals surface area contributed by atoms with Gasteiger partial charge in [-0.25, -0.2) is 0 Å². The van der Waals surface area contributed by atoms with Crippen molar-refractivity contribution in [2.75, 3.05) is 7.11 Å². The standard InChI is InChI=1S/C18H16N2O3/c1-23-15-9-7-14(8-10-15)17(21)16(11-19)18(22)20-12-13-5-3-2-4-6-13/h2-10,16H,12H2,1H3,(H,20,22)/t16-/m0/s1. The van der Waals surface area contributed by atoms with Gasteiger partial charge in [-0.05, 0) is 29.8 Å². The Morgan fingerprint density at radius 3 is 2.35 bits per heavy atom. The van der Waals surface area contributed by atoms with Gasteiger partial charge in [0.2, 0.25) is 5.91 Å². The summed E-state index contributed by atoms with van der Waals surface area (Å²) in [6.07, 6.45) is 0. The van der Waals surface area contributed by atoms with Crippen molar-refractivity contribution >= 4 is 11.7 Å². The minimum absolute atomic E-state index is 0.272. The second kappa shape index (κ2) is 7.76. The Kier molecular flexibility index (Phi) is 5.48. The molecule has 116 valence electrons. The number of Topliss-reactive ketones (excluding diaryl/α,β-unsaturated/α-hetero) is 1. The molecule has 2 rings (SSSR count). The van der Waals surface area contributed by atoms with E-state index >= 15 is 0 Å². The average molecular weight is 308 g/mol. The normalized spacial score (nSPS) is 11.1. The number of rotatable bonds is 6. The van der Waals surface area contributed by atoms with Gasteiger partial charge in [0, 0.05) is 12.1 Å². The topological polar surface area (TPSA) is 79.2 Å². The molecular formula is C18H16N2O3. The number of hydrogen-bond donors (Lipinski definition) is 1. The largest absolute Gasteiger partial charge is 0.497 e. The molecule has 0 aliphatic rings. The van der Waals surface area contributed by atoms with E-state index in [2.05, 4.69) is 5.32 Å². The molecule has 0 saturated heterocycles. The number of carbonyl (C=O) groups excluding carboxylic acids is 2. The van der Waals surface area contributed by atoms with Gasteiger partial charge in [0.15, 0.2) is 11.7 Å². The Morgan fingerprint density at radius 2 is 1.78 bits per heavy atom. The Balaban J connectivity index is 2.04. The highest BCUT2D eigenvalue weighted by atomic mass is 16.5. The number of nitrogens with one attached hydrogen (secondary N) is 1. The third-order valence-corrected chi connectivity index (χ3v) is 3.34. The number of benzene rings is 2. The second-order valence-corrected chi connectivity index (χ2v) is 4.86. The average Bonchev–Trinajstić information content (AvgIpc) is 2.61. The zero-order chi connectivity index (χ0) is 16.7. The number of ketones is 1. The van der Waals surface area contributed by atoms with Gasteiger partial charge < -0.3 is 10.1 Å². The summed E-state index contributed by atoms with van der Waals surface area (Å²) in [5.41, 5.74) is 1.20. The van der Waals surface area contributed by atoms with E-state index < -0.39 is 17.6 Å². The molecule has 0 radical (unpaired) electrons. The molecule has 0 spiro atoms. The summed E-state index contributed by atoms with van der Waals surface area (Å²) in [6.45, 7) is 0.272. The molecule has 0 bridgehead atoms. The van der Waals surface area contributed by atoms with Crippen LogP contribution in [-0.2, 0) is 11.3 Å². The molecule has 5 heteroatoms. The van der Waals surface area contributed by atoms with Crippen molar-refractivity contribution in [2.24, 2.45) is 5.92 Å². The van der Waals surface area contributed by atoms with Crippen molar-refractivity contribution in [3.8, 4) is 11.8 Å². The Hall–Kier alpha value is -3.13. The summed E-state index contributed by atoms with van der Waals surface area (Å²) < 4.78 is 5.02.